The fourth-order valence-corrected chi connectivity index (χ4v) is 3.01. The Hall–Kier alpha value is -3.71. The van der Waals surface area contributed by atoms with Crippen molar-refractivity contribution in [1.82, 2.24) is 0 Å². The van der Waals surface area contributed by atoms with Crippen molar-refractivity contribution in [2.24, 2.45) is 0 Å². The van der Waals surface area contributed by atoms with Gasteiger partial charge in [-0.1, -0.05) is 29.8 Å². The summed E-state index contributed by atoms with van der Waals surface area (Å²) in [6.45, 7) is 2.41. The lowest BCUT2D eigenvalue weighted by Gasteiger charge is -2.11. The standard InChI is InChI=1S/C22H17ClN2O5/c1-2-30-16-10-8-15(9-11-16)24-22(27)18-6-4-3-5-17(18)21(26)14-7-12-19(23)20(13-14)25(28)29/h3-13H,2H2,1H3,(H,24,27). The molecule has 0 aliphatic rings. The summed E-state index contributed by atoms with van der Waals surface area (Å²) in [7, 11) is 0. The van der Waals surface area contributed by atoms with E-state index < -0.39 is 16.6 Å². The van der Waals surface area contributed by atoms with Crippen molar-refractivity contribution in [3.05, 3.63) is 98.6 Å². The van der Waals surface area contributed by atoms with Crippen LogP contribution in [0.1, 0.15) is 33.2 Å². The average Bonchev–Trinajstić information content (AvgIpc) is 2.75. The Morgan fingerprint density at radius 2 is 1.70 bits per heavy atom. The molecule has 30 heavy (non-hydrogen) atoms. The molecule has 1 N–H and O–H groups in total. The number of amides is 1. The lowest BCUT2D eigenvalue weighted by atomic mass is 9.97. The Labute approximate surface area is 177 Å². The fraction of sp³-hybridized carbons (Fsp3) is 0.0909. The number of anilines is 1. The molecule has 0 atom stereocenters. The van der Waals surface area contributed by atoms with Gasteiger partial charge in [0.2, 0.25) is 0 Å². The molecule has 0 saturated carbocycles. The van der Waals surface area contributed by atoms with E-state index in [1.807, 2.05) is 6.92 Å². The first-order valence-corrected chi connectivity index (χ1v) is 9.40. The number of benzene rings is 3. The highest BCUT2D eigenvalue weighted by Crippen LogP contribution is 2.27. The number of hydrogen-bond donors (Lipinski definition) is 1. The molecule has 3 rings (SSSR count). The van der Waals surface area contributed by atoms with Crippen molar-refractivity contribution in [1.29, 1.82) is 0 Å². The number of rotatable bonds is 7. The summed E-state index contributed by atoms with van der Waals surface area (Å²) in [4.78, 5) is 36.2. The number of nitrogens with zero attached hydrogens (tertiary/aromatic N) is 1. The molecule has 1 amide bonds. The highest BCUT2D eigenvalue weighted by molar-refractivity contribution is 6.33. The molecule has 3 aromatic rings. The molecule has 0 aliphatic heterocycles. The summed E-state index contributed by atoms with van der Waals surface area (Å²) in [5.74, 6) is -0.325. The van der Waals surface area contributed by atoms with E-state index >= 15 is 0 Å². The van der Waals surface area contributed by atoms with Crippen molar-refractivity contribution < 1.29 is 19.2 Å². The van der Waals surface area contributed by atoms with Crippen LogP contribution in [0.3, 0.4) is 0 Å². The minimum Gasteiger partial charge on any atom is -0.494 e. The summed E-state index contributed by atoms with van der Waals surface area (Å²) in [6, 6.07) is 16.9. The van der Waals surface area contributed by atoms with Crippen LogP contribution in [-0.4, -0.2) is 23.2 Å². The predicted molar refractivity (Wildman–Crippen MR) is 114 cm³/mol. The first-order valence-electron chi connectivity index (χ1n) is 9.02. The number of nitro groups is 1. The molecule has 7 nitrogen and oxygen atoms in total. The van der Waals surface area contributed by atoms with E-state index in [4.69, 9.17) is 16.3 Å². The maximum absolute atomic E-state index is 13.0. The minimum atomic E-state index is -0.663. The van der Waals surface area contributed by atoms with Crippen molar-refractivity contribution in [2.45, 2.75) is 6.92 Å². The Bertz CT molecular complexity index is 1110. The number of ether oxygens (including phenoxy) is 1. The number of carbonyl (C=O) groups is 2. The van der Waals surface area contributed by atoms with Gasteiger partial charge in [0.15, 0.2) is 5.78 Å². The van der Waals surface area contributed by atoms with E-state index in [0.29, 0.717) is 18.0 Å². The van der Waals surface area contributed by atoms with Gasteiger partial charge in [0.1, 0.15) is 10.8 Å². The van der Waals surface area contributed by atoms with Crippen molar-refractivity contribution in [3.63, 3.8) is 0 Å². The van der Waals surface area contributed by atoms with Crippen LogP contribution in [0.5, 0.6) is 5.75 Å². The lowest BCUT2D eigenvalue weighted by molar-refractivity contribution is -0.384. The Balaban J connectivity index is 1.88. The van der Waals surface area contributed by atoms with Crippen LogP contribution in [0.2, 0.25) is 5.02 Å². The molecule has 8 heteroatoms. The molecule has 0 heterocycles. The van der Waals surface area contributed by atoms with Gasteiger partial charge in [0.25, 0.3) is 11.6 Å². The molecule has 152 valence electrons. The fourth-order valence-electron chi connectivity index (χ4n) is 2.83. The van der Waals surface area contributed by atoms with Crippen molar-refractivity contribution >= 4 is 34.7 Å². The molecular formula is C22H17ClN2O5. The van der Waals surface area contributed by atoms with E-state index in [-0.39, 0.29) is 27.4 Å². The zero-order valence-electron chi connectivity index (χ0n) is 15.9. The SMILES string of the molecule is CCOc1ccc(NC(=O)c2ccccc2C(=O)c2ccc(Cl)c([N+](=O)[O-])c2)cc1. The molecule has 0 fully saturated rings. The van der Waals surface area contributed by atoms with Gasteiger partial charge >= 0.3 is 0 Å². The van der Waals surface area contributed by atoms with Crippen LogP contribution in [0.4, 0.5) is 11.4 Å². The summed E-state index contributed by atoms with van der Waals surface area (Å²) in [6.07, 6.45) is 0. The third-order valence-corrected chi connectivity index (χ3v) is 4.56. The molecular weight excluding hydrogens is 408 g/mol. The number of ketones is 1. The average molecular weight is 425 g/mol. The minimum absolute atomic E-state index is 0.0624. The molecule has 0 radical (unpaired) electrons. The Morgan fingerprint density at radius 3 is 2.33 bits per heavy atom. The van der Waals surface area contributed by atoms with Gasteiger partial charge in [-0.05, 0) is 49.4 Å². The van der Waals surface area contributed by atoms with Crippen LogP contribution in [-0.2, 0) is 0 Å². The predicted octanol–water partition coefficient (Wildman–Crippen LogP) is 5.13. The molecule has 0 spiro atoms. The van der Waals surface area contributed by atoms with Gasteiger partial charge in [-0.3, -0.25) is 19.7 Å². The molecule has 0 saturated heterocycles. The monoisotopic (exact) mass is 424 g/mol. The second kappa shape index (κ2) is 9.19. The van der Waals surface area contributed by atoms with Gasteiger partial charge in [-0.25, -0.2) is 0 Å². The van der Waals surface area contributed by atoms with E-state index in [2.05, 4.69) is 5.32 Å². The van der Waals surface area contributed by atoms with Crippen molar-refractivity contribution in [3.8, 4) is 5.75 Å². The highest BCUT2D eigenvalue weighted by Gasteiger charge is 2.21. The van der Waals surface area contributed by atoms with Crippen LogP contribution in [0, 0.1) is 10.1 Å². The molecule has 0 bridgehead atoms. The quantitative estimate of drug-likeness (QED) is 0.322. The lowest BCUT2D eigenvalue weighted by Crippen LogP contribution is -2.17. The molecule has 0 aromatic heterocycles. The maximum Gasteiger partial charge on any atom is 0.288 e. The van der Waals surface area contributed by atoms with Crippen LogP contribution in [0.15, 0.2) is 66.7 Å². The topological polar surface area (TPSA) is 98.5 Å². The summed E-state index contributed by atoms with van der Waals surface area (Å²) >= 11 is 5.82. The zero-order chi connectivity index (χ0) is 21.7. The summed E-state index contributed by atoms with van der Waals surface area (Å²) in [5.41, 5.74) is 0.491. The van der Waals surface area contributed by atoms with E-state index in [1.54, 1.807) is 36.4 Å². The largest absolute Gasteiger partial charge is 0.494 e. The number of halogens is 1. The number of carbonyl (C=O) groups excluding carboxylic acids is 2. The van der Waals surface area contributed by atoms with Crippen LogP contribution >= 0.6 is 11.6 Å². The summed E-state index contributed by atoms with van der Waals surface area (Å²) < 4.78 is 5.37. The first-order chi connectivity index (χ1) is 14.4. The second-order valence-electron chi connectivity index (χ2n) is 6.21. The second-order valence-corrected chi connectivity index (χ2v) is 6.62. The third kappa shape index (κ3) is 4.64. The van der Waals surface area contributed by atoms with Gasteiger partial charge < -0.3 is 10.1 Å². The Kier molecular flexibility index (Phi) is 6.44. The van der Waals surface area contributed by atoms with E-state index in [9.17, 15) is 19.7 Å². The first kappa shape index (κ1) is 21.0. The maximum atomic E-state index is 13.0. The third-order valence-electron chi connectivity index (χ3n) is 4.24. The molecule has 0 aliphatic carbocycles. The summed E-state index contributed by atoms with van der Waals surface area (Å²) in [5, 5.41) is 13.8. The van der Waals surface area contributed by atoms with Crippen LogP contribution < -0.4 is 10.1 Å². The van der Waals surface area contributed by atoms with Gasteiger partial charge in [-0.15, -0.1) is 0 Å². The Morgan fingerprint density at radius 1 is 1.03 bits per heavy atom. The number of nitro benzene ring substituents is 1. The normalized spacial score (nSPS) is 10.3. The van der Waals surface area contributed by atoms with Gasteiger partial charge in [0.05, 0.1) is 17.1 Å². The number of nitrogens with one attached hydrogen (secondary N) is 1. The number of hydrogen-bond acceptors (Lipinski definition) is 5. The zero-order valence-corrected chi connectivity index (χ0v) is 16.7. The van der Waals surface area contributed by atoms with Crippen LogP contribution in [0.25, 0.3) is 0 Å². The van der Waals surface area contributed by atoms with Crippen molar-refractivity contribution in [2.75, 3.05) is 11.9 Å². The van der Waals surface area contributed by atoms with Gasteiger partial charge in [-0.2, -0.15) is 0 Å². The van der Waals surface area contributed by atoms with E-state index in [1.165, 1.54) is 24.3 Å². The molecule has 0 unspecified atom stereocenters. The smallest absolute Gasteiger partial charge is 0.288 e. The van der Waals surface area contributed by atoms with Gasteiger partial charge in [0, 0.05) is 22.9 Å². The molecule has 3 aromatic carbocycles. The highest BCUT2D eigenvalue weighted by atomic mass is 35.5. The van der Waals surface area contributed by atoms with E-state index in [0.717, 1.165) is 6.07 Å².